The molecule has 0 radical (unpaired) electrons. The second kappa shape index (κ2) is 7.90. The molecule has 1 aliphatic heterocycles. The zero-order valence-corrected chi connectivity index (χ0v) is 15.0. The van der Waals surface area contributed by atoms with E-state index in [0.29, 0.717) is 49.6 Å². The highest BCUT2D eigenvalue weighted by Gasteiger charge is 2.25. The molecule has 0 bridgehead atoms. The van der Waals surface area contributed by atoms with Crippen LogP contribution in [0.1, 0.15) is 17.3 Å². The number of nitrogens with zero attached hydrogens (tertiary/aromatic N) is 3. The average molecular weight is 371 g/mol. The maximum Gasteiger partial charge on any atom is 0.409 e. The molecule has 1 saturated heterocycles. The van der Waals surface area contributed by atoms with Crippen molar-refractivity contribution >= 4 is 17.9 Å². The number of nitrogen functional groups attached to an aromatic ring is 1. The number of hydrogen-bond donors (Lipinski definition) is 2. The average Bonchev–Trinajstić information content (AvgIpc) is 2.67. The molecule has 0 saturated carbocycles. The Morgan fingerprint density at radius 1 is 1.19 bits per heavy atom. The van der Waals surface area contributed by atoms with E-state index < -0.39 is 0 Å². The Hall–Kier alpha value is -3.36. The number of nitrogens with one attached hydrogen (secondary N) is 1. The molecule has 0 spiro atoms. The zero-order chi connectivity index (χ0) is 19.4. The number of aromatic nitrogens is 2. The first-order valence-corrected chi connectivity index (χ1v) is 8.66. The van der Waals surface area contributed by atoms with Crippen LogP contribution >= 0.6 is 0 Å². The molecule has 0 atom stereocenters. The lowest BCUT2D eigenvalue weighted by molar-refractivity contribution is 0.0570. The topological polar surface area (TPSA) is 122 Å². The first-order valence-electron chi connectivity index (χ1n) is 8.66. The van der Waals surface area contributed by atoms with E-state index in [0.717, 1.165) is 0 Å². The number of carbonyl (C=O) groups is 2. The van der Waals surface area contributed by atoms with Crippen molar-refractivity contribution in [3.05, 3.63) is 46.2 Å². The third-order valence-electron chi connectivity index (χ3n) is 4.26. The van der Waals surface area contributed by atoms with Gasteiger partial charge in [-0.15, -0.1) is 0 Å². The zero-order valence-electron chi connectivity index (χ0n) is 15.0. The van der Waals surface area contributed by atoms with Crippen molar-refractivity contribution in [1.29, 1.82) is 0 Å². The van der Waals surface area contributed by atoms with E-state index in [2.05, 4.69) is 9.97 Å². The molecule has 1 aromatic carbocycles. The standard InChI is InChI=1S/C18H21N5O4/c1-2-27-18(26)23-8-6-22(7-9-23)16(25)13-5-3-4-12(10-13)14-11-15(24)21-17(19)20-14/h3-5,10-11H,2,6-9H2,1H3,(H3,19,20,21,24). The Labute approximate surface area is 155 Å². The van der Waals surface area contributed by atoms with Gasteiger partial charge in [0.2, 0.25) is 5.95 Å². The summed E-state index contributed by atoms with van der Waals surface area (Å²) < 4.78 is 4.98. The van der Waals surface area contributed by atoms with Crippen LogP contribution in [0.15, 0.2) is 35.1 Å². The fraction of sp³-hybridized carbons (Fsp3) is 0.333. The van der Waals surface area contributed by atoms with Crippen LogP contribution in [0.5, 0.6) is 0 Å². The number of anilines is 1. The van der Waals surface area contributed by atoms with Gasteiger partial charge in [-0.2, -0.15) is 0 Å². The number of aromatic amines is 1. The van der Waals surface area contributed by atoms with Gasteiger partial charge in [0.05, 0.1) is 12.3 Å². The number of H-pyrrole nitrogens is 1. The summed E-state index contributed by atoms with van der Waals surface area (Å²) >= 11 is 0. The van der Waals surface area contributed by atoms with Gasteiger partial charge in [0, 0.05) is 43.4 Å². The van der Waals surface area contributed by atoms with E-state index in [9.17, 15) is 14.4 Å². The number of ether oxygens (including phenoxy) is 1. The fourth-order valence-corrected chi connectivity index (χ4v) is 2.93. The molecule has 0 aliphatic carbocycles. The van der Waals surface area contributed by atoms with Crippen LogP contribution in [-0.2, 0) is 4.74 Å². The van der Waals surface area contributed by atoms with Crippen LogP contribution in [0.4, 0.5) is 10.7 Å². The number of benzene rings is 1. The molecular formula is C18H21N5O4. The maximum atomic E-state index is 12.8. The summed E-state index contributed by atoms with van der Waals surface area (Å²) in [5.41, 5.74) is 6.74. The minimum Gasteiger partial charge on any atom is -0.450 e. The van der Waals surface area contributed by atoms with Gasteiger partial charge in [-0.25, -0.2) is 9.78 Å². The molecule has 142 valence electrons. The molecule has 9 nitrogen and oxygen atoms in total. The van der Waals surface area contributed by atoms with Crippen molar-refractivity contribution in [2.75, 3.05) is 38.5 Å². The van der Waals surface area contributed by atoms with Crippen molar-refractivity contribution in [2.45, 2.75) is 6.92 Å². The first-order chi connectivity index (χ1) is 13.0. The summed E-state index contributed by atoms with van der Waals surface area (Å²) in [6.45, 7) is 3.79. The van der Waals surface area contributed by atoms with E-state index in [4.69, 9.17) is 10.5 Å². The van der Waals surface area contributed by atoms with Gasteiger partial charge < -0.3 is 20.3 Å². The molecule has 2 heterocycles. The Morgan fingerprint density at radius 3 is 2.56 bits per heavy atom. The van der Waals surface area contributed by atoms with E-state index in [1.807, 2.05) is 0 Å². The summed E-state index contributed by atoms with van der Waals surface area (Å²) in [7, 11) is 0. The smallest absolute Gasteiger partial charge is 0.409 e. The molecule has 1 aliphatic rings. The van der Waals surface area contributed by atoms with Gasteiger partial charge in [0.1, 0.15) is 0 Å². The summed E-state index contributed by atoms with van der Waals surface area (Å²) in [6.07, 6.45) is -0.357. The van der Waals surface area contributed by atoms with Crippen LogP contribution in [0.3, 0.4) is 0 Å². The van der Waals surface area contributed by atoms with Gasteiger partial charge in [0.25, 0.3) is 11.5 Å². The van der Waals surface area contributed by atoms with Crippen molar-refractivity contribution in [2.24, 2.45) is 0 Å². The molecule has 0 unspecified atom stereocenters. The third kappa shape index (κ3) is 4.25. The van der Waals surface area contributed by atoms with Crippen molar-refractivity contribution in [3.8, 4) is 11.3 Å². The summed E-state index contributed by atoms with van der Waals surface area (Å²) in [5, 5.41) is 0. The van der Waals surface area contributed by atoms with Gasteiger partial charge >= 0.3 is 6.09 Å². The van der Waals surface area contributed by atoms with Gasteiger partial charge in [0.15, 0.2) is 0 Å². The maximum absolute atomic E-state index is 12.8. The molecule has 1 fully saturated rings. The molecule has 3 N–H and O–H groups in total. The molecule has 9 heteroatoms. The van der Waals surface area contributed by atoms with Crippen LogP contribution in [0, 0.1) is 0 Å². The fourth-order valence-electron chi connectivity index (χ4n) is 2.93. The van der Waals surface area contributed by atoms with Crippen LogP contribution in [0.2, 0.25) is 0 Å². The third-order valence-corrected chi connectivity index (χ3v) is 4.26. The lowest BCUT2D eigenvalue weighted by atomic mass is 10.1. The number of hydrogen-bond acceptors (Lipinski definition) is 6. The largest absolute Gasteiger partial charge is 0.450 e. The summed E-state index contributed by atoms with van der Waals surface area (Å²) in [6, 6.07) is 8.21. The quantitative estimate of drug-likeness (QED) is 0.828. The first kappa shape index (κ1) is 18.4. The van der Waals surface area contributed by atoms with Crippen molar-refractivity contribution in [1.82, 2.24) is 19.8 Å². The van der Waals surface area contributed by atoms with E-state index in [1.54, 1.807) is 41.0 Å². The minimum atomic E-state index is -0.357. The Bertz CT molecular complexity index is 903. The van der Waals surface area contributed by atoms with Crippen molar-refractivity contribution in [3.63, 3.8) is 0 Å². The molecule has 2 amide bonds. The van der Waals surface area contributed by atoms with E-state index in [1.165, 1.54) is 6.07 Å². The molecular weight excluding hydrogens is 350 g/mol. The van der Waals surface area contributed by atoms with Crippen molar-refractivity contribution < 1.29 is 14.3 Å². The lowest BCUT2D eigenvalue weighted by Gasteiger charge is -2.34. The van der Waals surface area contributed by atoms with Gasteiger partial charge in [-0.1, -0.05) is 12.1 Å². The second-order valence-corrected chi connectivity index (χ2v) is 6.07. The monoisotopic (exact) mass is 371 g/mol. The normalized spacial score (nSPS) is 14.1. The lowest BCUT2D eigenvalue weighted by Crippen LogP contribution is -2.50. The highest BCUT2D eigenvalue weighted by molar-refractivity contribution is 5.95. The number of rotatable bonds is 3. The number of carbonyl (C=O) groups excluding carboxylic acids is 2. The Balaban J connectivity index is 1.73. The molecule has 3 rings (SSSR count). The highest BCUT2D eigenvalue weighted by atomic mass is 16.6. The highest BCUT2D eigenvalue weighted by Crippen LogP contribution is 2.19. The molecule has 27 heavy (non-hydrogen) atoms. The number of amides is 2. The molecule has 1 aromatic heterocycles. The van der Waals surface area contributed by atoms with Crippen LogP contribution in [0.25, 0.3) is 11.3 Å². The van der Waals surface area contributed by atoms with E-state index in [-0.39, 0.29) is 23.5 Å². The Morgan fingerprint density at radius 2 is 1.89 bits per heavy atom. The van der Waals surface area contributed by atoms with Crippen LogP contribution < -0.4 is 11.3 Å². The predicted octanol–water partition coefficient (Wildman–Crippen LogP) is 0.933. The predicted molar refractivity (Wildman–Crippen MR) is 99.2 cm³/mol. The SMILES string of the molecule is CCOC(=O)N1CCN(C(=O)c2cccc(-c3cc(=O)[nH]c(N)n3)c2)CC1. The number of nitrogens with two attached hydrogens (primary N) is 1. The molecule has 2 aromatic rings. The minimum absolute atomic E-state index is 0.0179. The number of piperazine rings is 1. The summed E-state index contributed by atoms with van der Waals surface area (Å²) in [5.74, 6) is -0.123. The summed E-state index contributed by atoms with van der Waals surface area (Å²) in [4.78, 5) is 45.9. The Kier molecular flexibility index (Phi) is 5.39. The van der Waals surface area contributed by atoms with Gasteiger partial charge in [-0.3, -0.25) is 14.6 Å². The van der Waals surface area contributed by atoms with E-state index >= 15 is 0 Å². The second-order valence-electron chi connectivity index (χ2n) is 6.07. The van der Waals surface area contributed by atoms with Crippen LogP contribution in [-0.4, -0.2) is 64.6 Å². The van der Waals surface area contributed by atoms with Gasteiger partial charge in [-0.05, 0) is 19.1 Å².